The second-order valence-electron chi connectivity index (χ2n) is 7.85. The van der Waals surface area contributed by atoms with Gasteiger partial charge in [-0.2, -0.15) is 0 Å². The van der Waals surface area contributed by atoms with Crippen LogP contribution in [0.15, 0.2) is 53.7 Å². The predicted octanol–water partition coefficient (Wildman–Crippen LogP) is 6.96. The van der Waals surface area contributed by atoms with Crippen LogP contribution in [0.1, 0.15) is 54.5 Å². The van der Waals surface area contributed by atoms with Crippen LogP contribution in [-0.2, 0) is 0 Å². The molecule has 0 unspecified atom stereocenters. The third kappa shape index (κ3) is 6.47. The average molecular weight is 452 g/mol. The zero-order chi connectivity index (χ0) is 22.9. The molecule has 0 spiro atoms. The van der Waals surface area contributed by atoms with Gasteiger partial charge in [0.25, 0.3) is 0 Å². The number of nitroso groups, excluding NO2 is 1. The maximum Gasteiger partial charge on any atom is 0.196 e. The molecule has 2 aromatic carbocycles. The number of ether oxygens (including phenoxy) is 2. The minimum atomic E-state index is -0.273. The van der Waals surface area contributed by atoms with E-state index in [0.717, 1.165) is 47.0 Å². The molecule has 0 saturated heterocycles. The molecule has 0 aliphatic rings. The Kier molecular flexibility index (Phi) is 8.50. The van der Waals surface area contributed by atoms with E-state index < -0.39 is 0 Å². The molecule has 0 radical (unpaired) electrons. The summed E-state index contributed by atoms with van der Waals surface area (Å²) < 4.78 is 11.6. The lowest BCUT2D eigenvalue weighted by Gasteiger charge is -2.09. The summed E-state index contributed by atoms with van der Waals surface area (Å²) in [4.78, 5) is 16.4. The fourth-order valence-corrected chi connectivity index (χ4v) is 4.22. The summed E-state index contributed by atoms with van der Waals surface area (Å²) in [6, 6.07) is 15.0. The first-order chi connectivity index (χ1) is 15.5. The van der Waals surface area contributed by atoms with Gasteiger partial charge in [0.15, 0.2) is 5.84 Å². The Balaban J connectivity index is 1.36. The molecule has 168 valence electrons. The van der Waals surface area contributed by atoms with Gasteiger partial charge in [-0.3, -0.25) is 5.41 Å². The summed E-state index contributed by atoms with van der Waals surface area (Å²) in [6.07, 6.45) is 2.89. The summed E-state index contributed by atoms with van der Waals surface area (Å²) in [5.41, 5.74) is 2.71. The van der Waals surface area contributed by atoms with Gasteiger partial charge in [-0.05, 0) is 85.8 Å². The Morgan fingerprint density at radius 3 is 2.06 bits per heavy atom. The van der Waals surface area contributed by atoms with Crippen LogP contribution >= 0.6 is 11.3 Å². The highest BCUT2D eigenvalue weighted by Gasteiger charge is 2.14. The van der Waals surface area contributed by atoms with E-state index in [2.05, 4.69) is 38.1 Å². The van der Waals surface area contributed by atoms with Crippen LogP contribution in [0.3, 0.4) is 0 Å². The minimum absolute atomic E-state index is 0.273. The minimum Gasteiger partial charge on any atom is -0.494 e. The summed E-state index contributed by atoms with van der Waals surface area (Å²) >= 11 is 1.77. The summed E-state index contributed by atoms with van der Waals surface area (Å²) in [7, 11) is 0. The fraction of sp³-hybridized carbons (Fsp3) is 0.360. The number of benzene rings is 2. The van der Waals surface area contributed by atoms with Gasteiger partial charge in [0, 0.05) is 16.0 Å². The molecule has 1 heterocycles. The molecule has 0 fully saturated rings. The van der Waals surface area contributed by atoms with Crippen LogP contribution in [0.4, 0.5) is 0 Å². The summed E-state index contributed by atoms with van der Waals surface area (Å²) in [5.74, 6) is 1.78. The largest absolute Gasteiger partial charge is 0.494 e. The first kappa shape index (κ1) is 23.6. The first-order valence-electron chi connectivity index (χ1n) is 10.8. The van der Waals surface area contributed by atoms with Crippen molar-refractivity contribution in [3.63, 3.8) is 0 Å². The second kappa shape index (κ2) is 11.5. The maximum absolute atomic E-state index is 10.4. The number of thiazole rings is 1. The van der Waals surface area contributed by atoms with Crippen molar-refractivity contribution >= 4 is 17.2 Å². The number of aryl methyl sites for hydroxylation is 1. The zero-order valence-corrected chi connectivity index (χ0v) is 19.6. The molecule has 0 bridgehead atoms. The standard InChI is InChI=1S/C25H29N3O3S/c1-17(2)24-23(27-18(3)32-24)19-7-11-21(12-8-19)30-15-5-4-6-16-31-22-13-9-20(10-14-22)25(26)28-29/h7-14,17,26H,4-6,15-16H2,1-3H3. The van der Waals surface area contributed by atoms with Gasteiger partial charge in [0.2, 0.25) is 0 Å². The molecule has 3 aromatic rings. The van der Waals surface area contributed by atoms with Crippen molar-refractivity contribution in [2.24, 2.45) is 5.18 Å². The van der Waals surface area contributed by atoms with Gasteiger partial charge >= 0.3 is 0 Å². The maximum atomic E-state index is 10.4. The molecular formula is C25H29N3O3S. The van der Waals surface area contributed by atoms with E-state index in [-0.39, 0.29) is 5.84 Å². The van der Waals surface area contributed by atoms with Crippen molar-refractivity contribution in [3.05, 3.63) is 68.9 Å². The smallest absolute Gasteiger partial charge is 0.196 e. The number of nitrogens with one attached hydrogen (secondary N) is 1. The molecule has 0 atom stereocenters. The Labute approximate surface area is 193 Å². The van der Waals surface area contributed by atoms with E-state index in [1.165, 1.54) is 4.88 Å². The van der Waals surface area contributed by atoms with E-state index in [9.17, 15) is 4.91 Å². The van der Waals surface area contributed by atoms with Gasteiger partial charge in [-0.1, -0.05) is 13.8 Å². The number of aromatic nitrogens is 1. The molecule has 32 heavy (non-hydrogen) atoms. The molecule has 0 amide bonds. The number of unbranched alkanes of at least 4 members (excludes halogenated alkanes) is 2. The van der Waals surface area contributed by atoms with E-state index in [4.69, 9.17) is 19.9 Å². The Bertz CT molecular complexity index is 1030. The average Bonchev–Trinajstić information content (AvgIpc) is 3.21. The highest BCUT2D eigenvalue weighted by molar-refractivity contribution is 7.12. The van der Waals surface area contributed by atoms with Crippen molar-refractivity contribution in [1.82, 2.24) is 4.98 Å². The topological polar surface area (TPSA) is 84.6 Å². The van der Waals surface area contributed by atoms with E-state index >= 15 is 0 Å². The third-order valence-corrected chi connectivity index (χ3v) is 6.23. The van der Waals surface area contributed by atoms with Gasteiger partial charge < -0.3 is 9.47 Å². The molecular weight excluding hydrogens is 422 g/mol. The zero-order valence-electron chi connectivity index (χ0n) is 18.8. The van der Waals surface area contributed by atoms with E-state index in [1.54, 1.807) is 35.6 Å². The molecule has 0 aliphatic carbocycles. The Morgan fingerprint density at radius 2 is 1.53 bits per heavy atom. The van der Waals surface area contributed by atoms with Gasteiger partial charge in [0.05, 0.1) is 23.9 Å². The van der Waals surface area contributed by atoms with E-state index in [0.29, 0.717) is 24.7 Å². The molecule has 0 saturated carbocycles. The highest BCUT2D eigenvalue weighted by atomic mass is 32.1. The quantitative estimate of drug-likeness (QED) is 0.148. The lowest BCUT2D eigenvalue weighted by Crippen LogP contribution is -2.01. The van der Waals surface area contributed by atoms with Crippen molar-refractivity contribution in [2.45, 2.75) is 46.0 Å². The SMILES string of the molecule is Cc1nc(-c2ccc(OCCCCCOc3ccc(C(=N)N=O)cc3)cc2)c(C(C)C)s1. The van der Waals surface area contributed by atoms with Gasteiger partial charge in [-0.25, -0.2) is 4.98 Å². The van der Waals surface area contributed by atoms with Gasteiger partial charge in [-0.15, -0.1) is 16.2 Å². The summed E-state index contributed by atoms with van der Waals surface area (Å²) in [6.45, 7) is 7.74. The normalized spacial score (nSPS) is 10.9. The number of hydrogen-bond donors (Lipinski definition) is 1. The fourth-order valence-electron chi connectivity index (χ4n) is 3.27. The molecule has 7 heteroatoms. The predicted molar refractivity (Wildman–Crippen MR) is 130 cm³/mol. The number of rotatable bonds is 11. The van der Waals surface area contributed by atoms with E-state index in [1.807, 2.05) is 12.1 Å². The number of nitrogens with zero attached hydrogens (tertiary/aromatic N) is 2. The van der Waals surface area contributed by atoms with Crippen LogP contribution in [0, 0.1) is 17.2 Å². The van der Waals surface area contributed by atoms with Crippen molar-refractivity contribution in [3.8, 4) is 22.8 Å². The highest BCUT2D eigenvalue weighted by Crippen LogP contribution is 2.34. The summed E-state index contributed by atoms with van der Waals surface area (Å²) in [5, 5.41) is 11.1. The Morgan fingerprint density at radius 1 is 0.969 bits per heavy atom. The van der Waals surface area contributed by atoms with Crippen molar-refractivity contribution in [1.29, 1.82) is 5.41 Å². The van der Waals surface area contributed by atoms with Gasteiger partial charge in [0.1, 0.15) is 11.5 Å². The molecule has 0 aliphatic heterocycles. The van der Waals surface area contributed by atoms with Crippen LogP contribution in [0.25, 0.3) is 11.3 Å². The second-order valence-corrected chi connectivity index (χ2v) is 9.08. The van der Waals surface area contributed by atoms with Crippen LogP contribution < -0.4 is 9.47 Å². The lowest BCUT2D eigenvalue weighted by molar-refractivity contribution is 0.279. The monoisotopic (exact) mass is 451 g/mol. The molecule has 1 N–H and O–H groups in total. The molecule has 6 nitrogen and oxygen atoms in total. The third-order valence-electron chi connectivity index (χ3n) is 4.96. The number of hydrogen-bond acceptors (Lipinski definition) is 6. The first-order valence-corrected chi connectivity index (χ1v) is 11.6. The Hall–Kier alpha value is -3.06. The molecule has 1 aromatic heterocycles. The van der Waals surface area contributed by atoms with Crippen molar-refractivity contribution in [2.75, 3.05) is 13.2 Å². The molecule has 3 rings (SSSR count). The lowest BCUT2D eigenvalue weighted by atomic mass is 10.1. The van der Waals surface area contributed by atoms with Crippen LogP contribution in [0.5, 0.6) is 11.5 Å². The van der Waals surface area contributed by atoms with Crippen molar-refractivity contribution < 1.29 is 9.47 Å². The number of amidine groups is 1. The van der Waals surface area contributed by atoms with Crippen LogP contribution in [-0.4, -0.2) is 24.0 Å². The van der Waals surface area contributed by atoms with Crippen LogP contribution in [0.2, 0.25) is 0 Å².